The summed E-state index contributed by atoms with van der Waals surface area (Å²) in [5, 5.41) is 101. The lowest BCUT2D eigenvalue weighted by Gasteiger charge is -2.48. The fourth-order valence-electron chi connectivity index (χ4n) is 4.61. The second kappa shape index (κ2) is 15.8. The van der Waals surface area contributed by atoms with Gasteiger partial charge in [-0.25, -0.2) is 13.7 Å². The molecule has 272 valence electrons. The Kier molecular flexibility index (Phi) is 13.8. The van der Waals surface area contributed by atoms with Gasteiger partial charge in [-0.1, -0.05) is 0 Å². The molecule has 3 rings (SSSR count). The van der Waals surface area contributed by atoms with Crippen LogP contribution in [0.2, 0.25) is 0 Å². The maximum absolute atomic E-state index is 12.7. The van der Waals surface area contributed by atoms with Crippen LogP contribution >= 0.6 is 23.5 Å². The van der Waals surface area contributed by atoms with E-state index in [1.165, 1.54) is 0 Å². The molecule has 0 aromatic rings. The van der Waals surface area contributed by atoms with Crippen molar-refractivity contribution >= 4 is 23.5 Å². The molecular formula is C18H35O25P3. The van der Waals surface area contributed by atoms with E-state index in [-0.39, 0.29) is 0 Å². The van der Waals surface area contributed by atoms with Crippen LogP contribution < -0.4 is 0 Å². The topological polar surface area (TPSA) is 408 Å². The van der Waals surface area contributed by atoms with Crippen molar-refractivity contribution in [3.63, 3.8) is 0 Å². The molecule has 0 spiro atoms. The molecule has 3 aliphatic rings. The number of phosphoric ester groups is 1. The molecule has 0 radical (unpaired) electrons. The molecule has 3 aliphatic heterocycles. The van der Waals surface area contributed by atoms with Crippen LogP contribution in [-0.2, 0) is 50.5 Å². The number of aliphatic hydroxyl groups is 10. The molecule has 2 unspecified atom stereocenters. The van der Waals surface area contributed by atoms with Gasteiger partial charge in [0.05, 0.1) is 19.8 Å². The van der Waals surface area contributed by atoms with Gasteiger partial charge in [0.1, 0.15) is 73.2 Å². The van der Waals surface area contributed by atoms with Gasteiger partial charge in [-0.2, -0.15) is 8.62 Å². The van der Waals surface area contributed by atoms with Crippen molar-refractivity contribution in [2.45, 2.75) is 92.1 Å². The van der Waals surface area contributed by atoms with Crippen molar-refractivity contribution in [1.29, 1.82) is 0 Å². The van der Waals surface area contributed by atoms with Gasteiger partial charge < -0.3 is 94.3 Å². The molecule has 0 aliphatic carbocycles. The minimum atomic E-state index is -6.14. The molecule has 0 bridgehead atoms. The van der Waals surface area contributed by atoms with Crippen LogP contribution in [0, 0.1) is 0 Å². The van der Waals surface area contributed by atoms with E-state index in [1.54, 1.807) is 0 Å². The van der Waals surface area contributed by atoms with Gasteiger partial charge in [0, 0.05) is 0 Å². The van der Waals surface area contributed by atoms with E-state index in [0.717, 1.165) is 0 Å². The zero-order valence-corrected chi connectivity index (χ0v) is 25.6. The Morgan fingerprint density at radius 1 is 0.500 bits per heavy atom. The summed E-state index contributed by atoms with van der Waals surface area (Å²) in [7, 11) is -18.1. The summed E-state index contributed by atoms with van der Waals surface area (Å²) in [5.41, 5.74) is 0. The molecule has 0 saturated carbocycles. The monoisotopic (exact) mass is 744 g/mol. The van der Waals surface area contributed by atoms with E-state index in [1.807, 2.05) is 0 Å². The summed E-state index contributed by atoms with van der Waals surface area (Å²) in [5.74, 6) is 0. The molecule has 3 fully saturated rings. The van der Waals surface area contributed by atoms with Gasteiger partial charge in [0.2, 0.25) is 0 Å². The van der Waals surface area contributed by atoms with E-state index in [2.05, 4.69) is 8.62 Å². The van der Waals surface area contributed by atoms with Crippen LogP contribution in [-0.4, -0.2) is 183 Å². The van der Waals surface area contributed by atoms with Crippen molar-refractivity contribution in [3.05, 3.63) is 0 Å². The Balaban J connectivity index is 1.96. The van der Waals surface area contributed by atoms with Gasteiger partial charge in [-0.3, -0.25) is 4.52 Å². The number of aliphatic hydroxyl groups excluding tert-OH is 10. The fourth-order valence-corrected chi connectivity index (χ4v) is 7.80. The standard InChI is InChI=1S/C18H35O25P3/c19-1-4-7(22)8(23)11(26)17(37-4)39-14-6(3-21)38-18(40-13-5(2-20)36-16(28)10(25)9(13)24)15(12(14)27)41-45(32,33)43-46(34,35)42-44(29,30)31/h4-28H,1-3H2,(H,32,33)(H,34,35)(H2,29,30,31)/t4-,5-,6-,7-,8+,9-,10-,11-,12+,13-,14-,15-,16+,17-,18-/m1/s1. The molecular weight excluding hydrogens is 709 g/mol. The van der Waals surface area contributed by atoms with E-state index >= 15 is 0 Å². The third kappa shape index (κ3) is 9.74. The van der Waals surface area contributed by atoms with Crippen LogP contribution in [0.3, 0.4) is 0 Å². The molecule has 0 aromatic carbocycles. The first-order valence-electron chi connectivity index (χ1n) is 12.8. The van der Waals surface area contributed by atoms with Gasteiger partial charge in [0.15, 0.2) is 18.9 Å². The Hall–Kier alpha value is -0.190. The third-order valence-electron chi connectivity index (χ3n) is 6.74. The van der Waals surface area contributed by atoms with Crippen LogP contribution in [0.15, 0.2) is 0 Å². The van der Waals surface area contributed by atoms with Crippen molar-refractivity contribution in [1.82, 2.24) is 0 Å². The highest BCUT2D eigenvalue weighted by molar-refractivity contribution is 7.66. The lowest BCUT2D eigenvalue weighted by Crippen LogP contribution is -2.66. The number of phosphoric acid groups is 3. The summed E-state index contributed by atoms with van der Waals surface area (Å²) < 4.78 is 73.8. The van der Waals surface area contributed by atoms with E-state index in [9.17, 15) is 74.5 Å². The van der Waals surface area contributed by atoms with Crippen molar-refractivity contribution in [2.75, 3.05) is 19.8 Å². The van der Waals surface area contributed by atoms with E-state index in [4.69, 9.17) is 38.0 Å². The van der Waals surface area contributed by atoms with Crippen LogP contribution in [0.25, 0.3) is 0 Å². The van der Waals surface area contributed by atoms with Crippen LogP contribution in [0.5, 0.6) is 0 Å². The molecule has 14 N–H and O–H groups in total. The summed E-state index contributed by atoms with van der Waals surface area (Å²) in [4.78, 5) is 37.2. The van der Waals surface area contributed by atoms with Crippen LogP contribution in [0.1, 0.15) is 0 Å². The zero-order valence-electron chi connectivity index (χ0n) is 22.9. The van der Waals surface area contributed by atoms with Gasteiger partial charge >= 0.3 is 23.5 Å². The lowest BCUT2D eigenvalue weighted by atomic mass is 9.96. The molecule has 17 atom stereocenters. The second-order valence-electron chi connectivity index (χ2n) is 10.0. The molecule has 3 heterocycles. The summed E-state index contributed by atoms with van der Waals surface area (Å²) in [6.07, 6.45) is -30.8. The molecule has 0 aromatic heterocycles. The Morgan fingerprint density at radius 2 is 1.00 bits per heavy atom. The minimum absolute atomic E-state index is 0.930. The average molecular weight is 744 g/mol. The molecule has 3 saturated heterocycles. The van der Waals surface area contributed by atoms with E-state index < -0.39 is 135 Å². The normalized spacial score (nSPS) is 45.1. The number of rotatable bonds is 13. The molecule has 28 heteroatoms. The highest BCUT2D eigenvalue weighted by Gasteiger charge is 2.56. The second-order valence-corrected chi connectivity index (χ2v) is 14.4. The highest BCUT2D eigenvalue weighted by atomic mass is 31.3. The van der Waals surface area contributed by atoms with Gasteiger partial charge in [-0.15, -0.1) is 0 Å². The van der Waals surface area contributed by atoms with E-state index in [0.29, 0.717) is 0 Å². The summed E-state index contributed by atoms with van der Waals surface area (Å²) in [6, 6.07) is 0. The first-order valence-corrected chi connectivity index (χ1v) is 17.4. The molecule has 46 heavy (non-hydrogen) atoms. The van der Waals surface area contributed by atoms with Gasteiger partial charge in [-0.05, 0) is 0 Å². The first kappa shape index (κ1) is 40.2. The summed E-state index contributed by atoms with van der Waals surface area (Å²) in [6.45, 7) is -3.08. The van der Waals surface area contributed by atoms with Gasteiger partial charge in [0.25, 0.3) is 0 Å². The Labute approximate surface area is 257 Å². The number of hydrogen-bond acceptors (Lipinski definition) is 21. The SMILES string of the molecule is O=P(O)(O)OP(=O)(O)OP(=O)(O)O[C@H]1[C@@H](O[C@H]2[C@H](O)[C@@H](O)[C@@H](O)O[C@@H]2CO)O[C@H](CO)[C@@H](O[C@H]2O[C@H](CO)[C@@H](O)[C@H](O)[C@H]2O)[C@@H]1O. The lowest BCUT2D eigenvalue weighted by molar-refractivity contribution is -0.376. The Morgan fingerprint density at radius 3 is 1.54 bits per heavy atom. The highest BCUT2D eigenvalue weighted by Crippen LogP contribution is 2.67. The number of ether oxygens (including phenoxy) is 5. The Bertz CT molecular complexity index is 1140. The maximum Gasteiger partial charge on any atom is 0.490 e. The first-order chi connectivity index (χ1) is 21.1. The van der Waals surface area contributed by atoms with Crippen molar-refractivity contribution in [3.8, 4) is 0 Å². The maximum atomic E-state index is 12.7. The van der Waals surface area contributed by atoms with Crippen LogP contribution in [0.4, 0.5) is 0 Å². The summed E-state index contributed by atoms with van der Waals surface area (Å²) >= 11 is 0. The predicted molar refractivity (Wildman–Crippen MR) is 134 cm³/mol. The van der Waals surface area contributed by atoms with Crippen molar-refractivity contribution < 1.29 is 121 Å². The smallest absolute Gasteiger partial charge is 0.394 e. The fraction of sp³-hybridized carbons (Fsp3) is 1.00. The number of hydrogen-bond donors (Lipinski definition) is 14. The molecule has 25 nitrogen and oxygen atoms in total. The third-order valence-corrected chi connectivity index (χ3v) is 10.6. The molecule has 0 amide bonds. The quantitative estimate of drug-likeness (QED) is 0.0779. The van der Waals surface area contributed by atoms with Crippen molar-refractivity contribution in [2.24, 2.45) is 0 Å². The largest absolute Gasteiger partial charge is 0.490 e. The zero-order chi connectivity index (χ0) is 34.9. The predicted octanol–water partition coefficient (Wildman–Crippen LogP) is -7.22. The minimum Gasteiger partial charge on any atom is -0.394 e. The average Bonchev–Trinajstić information content (AvgIpc) is 2.94.